The molecule has 0 aliphatic carbocycles. The lowest BCUT2D eigenvalue weighted by Gasteiger charge is -2.06. The van der Waals surface area contributed by atoms with Crippen molar-refractivity contribution in [3.63, 3.8) is 0 Å². The molecule has 0 amide bonds. The average Bonchev–Trinajstić information content (AvgIpc) is 2.10. The van der Waals surface area contributed by atoms with Crippen LogP contribution in [0.25, 0.3) is 0 Å². The molecular formula is C6H10O2S. The molecule has 1 aliphatic rings. The van der Waals surface area contributed by atoms with Gasteiger partial charge in [0.15, 0.2) is 0 Å². The average molecular weight is 146 g/mol. The maximum atomic E-state index is 10.6. The Morgan fingerprint density at radius 1 is 1.78 bits per heavy atom. The molecule has 2 unspecified atom stereocenters. The summed E-state index contributed by atoms with van der Waals surface area (Å²) in [5, 5.41) is 0.270. The van der Waals surface area contributed by atoms with E-state index in [1.54, 1.807) is 0 Å². The lowest BCUT2D eigenvalue weighted by Crippen LogP contribution is -2.13. The molecule has 1 aliphatic heterocycles. The van der Waals surface area contributed by atoms with Crippen molar-refractivity contribution >= 4 is 17.1 Å². The van der Waals surface area contributed by atoms with Crippen LogP contribution in [0.2, 0.25) is 0 Å². The van der Waals surface area contributed by atoms with Gasteiger partial charge in [-0.05, 0) is 25.1 Å². The minimum Gasteiger partial charge on any atom is -0.453 e. The number of hydrogen-bond acceptors (Lipinski definition) is 3. The molecule has 0 aromatic carbocycles. The number of hydrogen-bond donors (Lipinski definition) is 0. The lowest BCUT2D eigenvalue weighted by atomic mass is 10.2. The maximum Gasteiger partial charge on any atom is 0.368 e. The third-order valence-corrected chi connectivity index (χ3v) is 2.76. The molecule has 9 heavy (non-hydrogen) atoms. The van der Waals surface area contributed by atoms with Gasteiger partial charge in [0.1, 0.15) is 6.10 Å². The smallest absolute Gasteiger partial charge is 0.368 e. The van der Waals surface area contributed by atoms with E-state index in [1.807, 2.05) is 6.92 Å². The Kier molecular flexibility index (Phi) is 2.01. The van der Waals surface area contributed by atoms with Crippen LogP contribution < -0.4 is 0 Å². The van der Waals surface area contributed by atoms with Crippen molar-refractivity contribution in [2.75, 3.05) is 0 Å². The minimum atomic E-state index is -0.116. The van der Waals surface area contributed by atoms with Gasteiger partial charge in [0.2, 0.25) is 0 Å². The van der Waals surface area contributed by atoms with Gasteiger partial charge in [0.05, 0.1) is 5.25 Å². The summed E-state index contributed by atoms with van der Waals surface area (Å²) in [6.07, 6.45) is 1.13. The van der Waals surface area contributed by atoms with Crippen LogP contribution in [0.4, 0.5) is 4.79 Å². The molecule has 0 aromatic rings. The SMILES string of the molecule is CCC1SC(=O)OC1C. The highest BCUT2D eigenvalue weighted by molar-refractivity contribution is 8.14. The summed E-state index contributed by atoms with van der Waals surface area (Å²) in [7, 11) is 0. The molecule has 0 spiro atoms. The fraction of sp³-hybridized carbons (Fsp3) is 0.833. The van der Waals surface area contributed by atoms with E-state index in [9.17, 15) is 4.79 Å². The molecule has 3 heteroatoms. The summed E-state index contributed by atoms with van der Waals surface area (Å²) in [4.78, 5) is 10.6. The Balaban J connectivity index is 2.47. The van der Waals surface area contributed by atoms with Crippen molar-refractivity contribution < 1.29 is 9.53 Å². The van der Waals surface area contributed by atoms with Crippen LogP contribution in [0.1, 0.15) is 20.3 Å². The molecule has 0 radical (unpaired) electrons. The van der Waals surface area contributed by atoms with Gasteiger partial charge < -0.3 is 4.74 Å². The van der Waals surface area contributed by atoms with Gasteiger partial charge >= 0.3 is 5.30 Å². The fourth-order valence-electron chi connectivity index (χ4n) is 0.890. The molecule has 0 bridgehead atoms. The maximum absolute atomic E-state index is 10.6. The van der Waals surface area contributed by atoms with Crippen molar-refractivity contribution in [1.29, 1.82) is 0 Å². The Labute approximate surface area is 59.0 Å². The van der Waals surface area contributed by atoms with Gasteiger partial charge in [0.25, 0.3) is 0 Å². The number of ether oxygens (including phenoxy) is 1. The van der Waals surface area contributed by atoms with E-state index < -0.39 is 0 Å². The van der Waals surface area contributed by atoms with Crippen molar-refractivity contribution in [2.45, 2.75) is 31.6 Å². The highest BCUT2D eigenvalue weighted by Crippen LogP contribution is 2.29. The minimum absolute atomic E-state index is 0.116. The Morgan fingerprint density at radius 3 is 2.67 bits per heavy atom. The first-order valence-corrected chi connectivity index (χ1v) is 3.99. The van der Waals surface area contributed by atoms with Crippen LogP contribution in [0.3, 0.4) is 0 Å². The van der Waals surface area contributed by atoms with Crippen LogP contribution in [-0.2, 0) is 4.74 Å². The molecule has 1 rings (SSSR count). The van der Waals surface area contributed by atoms with Crippen molar-refractivity contribution in [3.05, 3.63) is 0 Å². The highest BCUT2D eigenvalue weighted by atomic mass is 32.2. The molecule has 1 saturated heterocycles. The van der Waals surface area contributed by atoms with Gasteiger partial charge in [-0.2, -0.15) is 0 Å². The zero-order valence-electron chi connectivity index (χ0n) is 5.59. The molecule has 0 saturated carbocycles. The molecule has 2 nitrogen and oxygen atoms in total. The Morgan fingerprint density at radius 2 is 2.44 bits per heavy atom. The molecule has 2 atom stereocenters. The number of carbonyl (C=O) groups excluding carboxylic acids is 1. The Bertz CT molecular complexity index is 124. The van der Waals surface area contributed by atoms with Crippen LogP contribution in [0.5, 0.6) is 0 Å². The number of carbonyl (C=O) groups is 1. The van der Waals surface area contributed by atoms with Gasteiger partial charge in [-0.25, -0.2) is 4.79 Å². The van der Waals surface area contributed by atoms with E-state index in [0.717, 1.165) is 6.42 Å². The summed E-state index contributed by atoms with van der Waals surface area (Å²) in [6.45, 7) is 4.00. The van der Waals surface area contributed by atoms with Crippen LogP contribution in [0, 0.1) is 0 Å². The van der Waals surface area contributed by atoms with Gasteiger partial charge in [-0.1, -0.05) is 6.92 Å². The number of rotatable bonds is 1. The quantitative estimate of drug-likeness (QED) is 0.529. The predicted octanol–water partition coefficient (Wildman–Crippen LogP) is 2.04. The van der Waals surface area contributed by atoms with Gasteiger partial charge in [0, 0.05) is 0 Å². The molecule has 52 valence electrons. The van der Waals surface area contributed by atoms with E-state index in [4.69, 9.17) is 4.74 Å². The third kappa shape index (κ3) is 1.39. The molecule has 0 aromatic heterocycles. The summed E-state index contributed by atoms with van der Waals surface area (Å²) in [6, 6.07) is 0. The van der Waals surface area contributed by atoms with Gasteiger partial charge in [-0.15, -0.1) is 0 Å². The van der Waals surface area contributed by atoms with E-state index in [-0.39, 0.29) is 11.4 Å². The highest BCUT2D eigenvalue weighted by Gasteiger charge is 2.30. The second kappa shape index (κ2) is 2.60. The van der Waals surface area contributed by atoms with Crippen LogP contribution in [0.15, 0.2) is 0 Å². The first-order valence-electron chi connectivity index (χ1n) is 3.11. The summed E-state index contributed by atoms with van der Waals surface area (Å²) in [5.74, 6) is 0. The first-order chi connectivity index (χ1) is 4.24. The monoisotopic (exact) mass is 146 g/mol. The zero-order chi connectivity index (χ0) is 6.85. The second-order valence-electron chi connectivity index (χ2n) is 2.14. The van der Waals surface area contributed by atoms with Crippen LogP contribution in [-0.4, -0.2) is 16.7 Å². The van der Waals surface area contributed by atoms with E-state index in [0.29, 0.717) is 5.25 Å². The Hall–Kier alpha value is -0.180. The number of thioether (sulfide) groups is 1. The number of cyclic esters (lactones) is 1. The van der Waals surface area contributed by atoms with E-state index in [1.165, 1.54) is 11.8 Å². The van der Waals surface area contributed by atoms with Crippen molar-refractivity contribution in [2.24, 2.45) is 0 Å². The van der Waals surface area contributed by atoms with E-state index >= 15 is 0 Å². The van der Waals surface area contributed by atoms with Crippen molar-refractivity contribution in [3.8, 4) is 0 Å². The predicted molar refractivity (Wildman–Crippen MR) is 37.6 cm³/mol. The summed E-state index contributed by atoms with van der Waals surface area (Å²) >= 11 is 1.31. The standard InChI is InChI=1S/C6H10O2S/c1-3-5-4(2)8-6(7)9-5/h4-5H,3H2,1-2H3. The van der Waals surface area contributed by atoms with Crippen LogP contribution >= 0.6 is 11.8 Å². The third-order valence-electron chi connectivity index (χ3n) is 1.46. The van der Waals surface area contributed by atoms with E-state index in [2.05, 4.69) is 6.92 Å². The first kappa shape index (κ1) is 6.93. The molecular weight excluding hydrogens is 136 g/mol. The summed E-state index contributed by atoms with van der Waals surface area (Å²) in [5.41, 5.74) is 0. The molecule has 1 fully saturated rings. The normalized spacial score (nSPS) is 34.7. The topological polar surface area (TPSA) is 26.3 Å². The fourth-order valence-corrected chi connectivity index (χ4v) is 1.76. The van der Waals surface area contributed by atoms with Gasteiger partial charge in [-0.3, -0.25) is 0 Å². The molecule has 0 N–H and O–H groups in total. The summed E-state index contributed by atoms with van der Waals surface area (Å²) < 4.78 is 4.89. The second-order valence-corrected chi connectivity index (χ2v) is 3.31. The molecule has 1 heterocycles. The lowest BCUT2D eigenvalue weighted by molar-refractivity contribution is 0.142. The zero-order valence-corrected chi connectivity index (χ0v) is 6.40. The largest absolute Gasteiger partial charge is 0.453 e. The van der Waals surface area contributed by atoms with Crippen molar-refractivity contribution in [1.82, 2.24) is 0 Å².